The van der Waals surface area contributed by atoms with Gasteiger partial charge >= 0.3 is 0 Å². The number of carbonyl (C=O) groups is 2. The summed E-state index contributed by atoms with van der Waals surface area (Å²) in [6.45, 7) is 0.566. The van der Waals surface area contributed by atoms with Crippen LogP contribution < -0.4 is 10.6 Å². The van der Waals surface area contributed by atoms with Gasteiger partial charge in [0.05, 0.1) is 5.75 Å². The Bertz CT molecular complexity index is 848. The van der Waals surface area contributed by atoms with E-state index in [1.807, 2.05) is 6.07 Å². The zero-order valence-electron chi connectivity index (χ0n) is 13.9. The van der Waals surface area contributed by atoms with Gasteiger partial charge in [0.25, 0.3) is 11.8 Å². The van der Waals surface area contributed by atoms with Crippen molar-refractivity contribution in [1.82, 2.24) is 10.6 Å². The summed E-state index contributed by atoms with van der Waals surface area (Å²) in [5.74, 6) is -0.629. The minimum Gasteiger partial charge on any atom is -0.350 e. The van der Waals surface area contributed by atoms with Gasteiger partial charge in [-0.2, -0.15) is 0 Å². The summed E-state index contributed by atoms with van der Waals surface area (Å²) in [6.07, 6.45) is 1.15. The molecule has 7 heteroatoms. The molecule has 6 nitrogen and oxygen atoms in total. The first kappa shape index (κ1) is 18.7. The number of rotatable bonds is 7. The molecule has 0 aromatic heterocycles. The van der Waals surface area contributed by atoms with Crippen LogP contribution >= 0.6 is 0 Å². The fourth-order valence-corrected chi connectivity index (χ4v) is 3.04. The quantitative estimate of drug-likeness (QED) is 0.730. The van der Waals surface area contributed by atoms with Crippen LogP contribution in [-0.4, -0.2) is 39.6 Å². The monoisotopic (exact) mass is 360 g/mol. The van der Waals surface area contributed by atoms with Gasteiger partial charge in [-0.1, -0.05) is 30.3 Å². The van der Waals surface area contributed by atoms with Crippen molar-refractivity contribution in [1.29, 1.82) is 0 Å². The van der Waals surface area contributed by atoms with Gasteiger partial charge in [-0.3, -0.25) is 9.59 Å². The molecule has 0 aliphatic rings. The Kier molecular flexibility index (Phi) is 6.30. The summed E-state index contributed by atoms with van der Waals surface area (Å²) in [7, 11) is -3.16. The fourth-order valence-electron chi connectivity index (χ4n) is 2.25. The zero-order valence-corrected chi connectivity index (χ0v) is 14.7. The summed E-state index contributed by atoms with van der Waals surface area (Å²) < 4.78 is 22.7. The van der Waals surface area contributed by atoms with E-state index in [2.05, 4.69) is 10.6 Å². The molecule has 0 spiro atoms. The van der Waals surface area contributed by atoms with Crippen LogP contribution in [0.4, 0.5) is 0 Å². The summed E-state index contributed by atoms with van der Waals surface area (Å²) in [4.78, 5) is 24.0. The second-order valence-corrected chi connectivity index (χ2v) is 7.79. The van der Waals surface area contributed by atoms with Gasteiger partial charge in [0.1, 0.15) is 0 Å². The third-order valence-corrected chi connectivity index (χ3v) is 4.21. The van der Waals surface area contributed by atoms with Crippen molar-refractivity contribution in [2.75, 3.05) is 19.3 Å². The van der Waals surface area contributed by atoms with Crippen LogP contribution in [-0.2, 0) is 15.6 Å². The second kappa shape index (κ2) is 8.43. The number of carbonyl (C=O) groups excluding carboxylic acids is 2. The summed E-state index contributed by atoms with van der Waals surface area (Å²) in [5, 5.41) is 5.41. The molecule has 132 valence electrons. The van der Waals surface area contributed by atoms with Crippen molar-refractivity contribution in [2.24, 2.45) is 0 Å². The number of nitrogens with one attached hydrogen (secondary N) is 2. The van der Waals surface area contributed by atoms with E-state index in [1.54, 1.807) is 48.5 Å². The second-order valence-electron chi connectivity index (χ2n) is 5.65. The van der Waals surface area contributed by atoms with E-state index < -0.39 is 9.84 Å². The maximum atomic E-state index is 12.1. The fraction of sp³-hybridized carbons (Fsp3) is 0.222. The molecular weight excluding hydrogens is 340 g/mol. The van der Waals surface area contributed by atoms with Gasteiger partial charge in [0.2, 0.25) is 0 Å². The summed E-state index contributed by atoms with van der Waals surface area (Å²) in [6, 6.07) is 15.3. The molecule has 25 heavy (non-hydrogen) atoms. The highest BCUT2D eigenvalue weighted by Gasteiger charge is 2.09. The Hall–Kier alpha value is -2.67. The molecule has 0 saturated carbocycles. The smallest absolute Gasteiger partial charge is 0.251 e. The lowest BCUT2D eigenvalue weighted by Gasteiger charge is -2.08. The Balaban J connectivity index is 1.82. The van der Waals surface area contributed by atoms with Gasteiger partial charge in [-0.05, 0) is 29.8 Å². The van der Waals surface area contributed by atoms with Crippen molar-refractivity contribution < 1.29 is 18.0 Å². The predicted molar refractivity (Wildman–Crippen MR) is 96.1 cm³/mol. The lowest BCUT2D eigenvalue weighted by atomic mass is 10.1. The number of amides is 2. The maximum Gasteiger partial charge on any atom is 0.251 e. The van der Waals surface area contributed by atoms with Gasteiger partial charge < -0.3 is 10.6 Å². The number of sulfone groups is 1. The lowest BCUT2D eigenvalue weighted by molar-refractivity contribution is 0.0927. The van der Waals surface area contributed by atoms with E-state index >= 15 is 0 Å². The third-order valence-electron chi connectivity index (χ3n) is 3.35. The molecule has 0 atom stereocenters. The van der Waals surface area contributed by atoms with Gasteiger partial charge in [0, 0.05) is 30.5 Å². The van der Waals surface area contributed by atoms with Crippen LogP contribution in [0.25, 0.3) is 0 Å². The van der Waals surface area contributed by atoms with Crippen LogP contribution in [0.1, 0.15) is 26.3 Å². The molecule has 0 heterocycles. The van der Waals surface area contributed by atoms with E-state index in [-0.39, 0.29) is 24.1 Å². The van der Waals surface area contributed by atoms with Gasteiger partial charge in [0.15, 0.2) is 9.84 Å². The molecule has 2 amide bonds. The number of benzene rings is 2. The highest BCUT2D eigenvalue weighted by molar-refractivity contribution is 7.89. The molecule has 0 bridgehead atoms. The van der Waals surface area contributed by atoms with E-state index in [0.717, 1.165) is 6.26 Å². The highest BCUT2D eigenvalue weighted by atomic mass is 32.2. The van der Waals surface area contributed by atoms with Crippen molar-refractivity contribution in [3.63, 3.8) is 0 Å². The van der Waals surface area contributed by atoms with E-state index in [9.17, 15) is 18.0 Å². The standard InChI is InChI=1S/C18H20N2O4S/c1-25(23,24)13-14-6-5-9-16(12-14)18(22)20-11-10-19-17(21)15-7-3-2-4-8-15/h2-9,12H,10-11,13H2,1H3,(H,19,21)(H,20,22). The van der Waals surface area contributed by atoms with Crippen LogP contribution in [0.2, 0.25) is 0 Å². The van der Waals surface area contributed by atoms with E-state index in [1.165, 1.54) is 0 Å². The minimum absolute atomic E-state index is 0.110. The largest absolute Gasteiger partial charge is 0.350 e. The molecule has 2 aromatic rings. The molecule has 2 aromatic carbocycles. The molecule has 0 aliphatic heterocycles. The SMILES string of the molecule is CS(=O)(=O)Cc1cccc(C(=O)NCCNC(=O)c2ccccc2)c1. The van der Waals surface area contributed by atoms with Gasteiger partial charge in [-0.15, -0.1) is 0 Å². The summed E-state index contributed by atoms with van der Waals surface area (Å²) in [5.41, 5.74) is 1.50. The number of hydrogen-bond donors (Lipinski definition) is 2. The first-order valence-corrected chi connectivity index (χ1v) is 9.79. The van der Waals surface area contributed by atoms with Crippen molar-refractivity contribution in [2.45, 2.75) is 5.75 Å². The topological polar surface area (TPSA) is 92.3 Å². The Morgan fingerprint density at radius 1 is 0.840 bits per heavy atom. The van der Waals surface area contributed by atoms with Crippen LogP contribution in [0, 0.1) is 0 Å². The highest BCUT2D eigenvalue weighted by Crippen LogP contribution is 2.08. The summed E-state index contributed by atoms with van der Waals surface area (Å²) >= 11 is 0. The molecule has 0 fully saturated rings. The van der Waals surface area contributed by atoms with Crippen LogP contribution in [0.5, 0.6) is 0 Å². The number of hydrogen-bond acceptors (Lipinski definition) is 4. The molecule has 2 rings (SSSR count). The van der Waals surface area contributed by atoms with Crippen LogP contribution in [0.3, 0.4) is 0 Å². The van der Waals surface area contributed by atoms with Crippen molar-refractivity contribution in [3.8, 4) is 0 Å². The van der Waals surface area contributed by atoms with Crippen molar-refractivity contribution in [3.05, 3.63) is 71.3 Å². The average Bonchev–Trinajstić information content (AvgIpc) is 2.58. The minimum atomic E-state index is -3.16. The predicted octanol–water partition coefficient (Wildman–Crippen LogP) is 1.39. The Labute approximate surface area is 147 Å². The normalized spacial score (nSPS) is 10.9. The Morgan fingerprint density at radius 2 is 1.40 bits per heavy atom. The van der Waals surface area contributed by atoms with E-state index in [0.29, 0.717) is 23.2 Å². The first-order valence-electron chi connectivity index (χ1n) is 7.73. The molecular formula is C18H20N2O4S. The molecule has 0 saturated heterocycles. The van der Waals surface area contributed by atoms with Crippen molar-refractivity contribution >= 4 is 21.7 Å². The third kappa shape index (κ3) is 6.39. The molecule has 0 radical (unpaired) electrons. The molecule has 0 aliphatic carbocycles. The van der Waals surface area contributed by atoms with E-state index in [4.69, 9.17) is 0 Å². The average molecular weight is 360 g/mol. The zero-order chi connectivity index (χ0) is 18.3. The lowest BCUT2D eigenvalue weighted by Crippen LogP contribution is -2.34. The van der Waals surface area contributed by atoms with Gasteiger partial charge in [-0.25, -0.2) is 8.42 Å². The molecule has 0 unspecified atom stereocenters. The van der Waals surface area contributed by atoms with Crippen LogP contribution in [0.15, 0.2) is 54.6 Å². The first-order chi connectivity index (χ1) is 11.8. The molecule has 2 N–H and O–H groups in total. The maximum absolute atomic E-state index is 12.1. The Morgan fingerprint density at radius 3 is 2.00 bits per heavy atom.